The minimum absolute atomic E-state index is 0. The van der Waals surface area contributed by atoms with Crippen LogP contribution in [0.4, 0.5) is 11.4 Å². The Hall–Kier alpha value is -1.45. The van der Waals surface area contributed by atoms with Gasteiger partial charge in [0.05, 0.1) is 0 Å². The van der Waals surface area contributed by atoms with Gasteiger partial charge in [-0.1, -0.05) is 12.1 Å². The maximum Gasteiger partial charge on any atom is 0.0419 e. The van der Waals surface area contributed by atoms with Gasteiger partial charge in [-0.05, 0) is 48.6 Å². The quantitative estimate of drug-likeness (QED) is 0.878. The average Bonchev–Trinajstić information content (AvgIpc) is 2.47. The number of nitrogens with two attached hydrogens (primary N) is 1. The number of nitrogen functional groups attached to an aromatic ring is 1. The minimum atomic E-state index is 0. The number of nitrogens with zero attached hydrogens (tertiary/aromatic N) is 2. The number of halogens is 2. The van der Waals surface area contributed by atoms with Gasteiger partial charge in [0.25, 0.3) is 0 Å². The molecule has 0 radical (unpaired) electrons. The number of hydrogen-bond donors (Lipinski definition) is 1. The van der Waals surface area contributed by atoms with Crippen LogP contribution in [0.3, 0.4) is 0 Å². The SMILES string of the molecule is Cl.Cl.Nc1cccc2c1CCCN2CCc1cccnc1. The van der Waals surface area contributed by atoms with Crippen LogP contribution in [-0.4, -0.2) is 18.1 Å². The molecule has 0 atom stereocenters. The Morgan fingerprint density at radius 2 is 2.00 bits per heavy atom. The molecule has 1 aliphatic rings. The highest BCUT2D eigenvalue weighted by Gasteiger charge is 2.17. The normalized spacial score (nSPS) is 12.9. The monoisotopic (exact) mass is 325 g/mol. The van der Waals surface area contributed by atoms with Gasteiger partial charge < -0.3 is 10.6 Å². The molecule has 0 amide bonds. The van der Waals surface area contributed by atoms with Crippen molar-refractivity contribution in [3.63, 3.8) is 0 Å². The van der Waals surface area contributed by atoms with Gasteiger partial charge in [0, 0.05) is 36.9 Å². The summed E-state index contributed by atoms with van der Waals surface area (Å²) in [5.41, 5.74) is 10.9. The molecule has 2 aromatic rings. The zero-order valence-corrected chi connectivity index (χ0v) is 13.5. The second kappa shape index (κ2) is 8.11. The predicted octanol–water partition coefficient (Wildman–Crippen LogP) is 3.50. The Labute approximate surface area is 138 Å². The molecule has 0 fully saturated rings. The van der Waals surface area contributed by atoms with Crippen LogP contribution in [0.5, 0.6) is 0 Å². The molecular weight excluding hydrogens is 305 g/mol. The zero-order chi connectivity index (χ0) is 13.1. The van der Waals surface area contributed by atoms with Gasteiger partial charge in [-0.3, -0.25) is 4.98 Å². The van der Waals surface area contributed by atoms with E-state index in [1.54, 1.807) is 0 Å². The van der Waals surface area contributed by atoms with Crippen molar-refractivity contribution < 1.29 is 0 Å². The molecular formula is C16H21Cl2N3. The lowest BCUT2D eigenvalue weighted by Crippen LogP contribution is -2.31. The first-order valence-electron chi connectivity index (χ1n) is 6.86. The van der Waals surface area contributed by atoms with E-state index in [-0.39, 0.29) is 24.8 Å². The molecule has 5 heteroatoms. The molecule has 1 aliphatic heterocycles. The molecule has 0 saturated carbocycles. The molecule has 2 heterocycles. The van der Waals surface area contributed by atoms with Gasteiger partial charge in [0.2, 0.25) is 0 Å². The van der Waals surface area contributed by atoms with Crippen LogP contribution in [0.1, 0.15) is 17.5 Å². The van der Waals surface area contributed by atoms with Gasteiger partial charge in [-0.15, -0.1) is 24.8 Å². The Morgan fingerprint density at radius 1 is 1.14 bits per heavy atom. The van der Waals surface area contributed by atoms with Gasteiger partial charge in [0.15, 0.2) is 0 Å². The zero-order valence-electron chi connectivity index (χ0n) is 11.9. The summed E-state index contributed by atoms with van der Waals surface area (Å²) in [6, 6.07) is 10.4. The van der Waals surface area contributed by atoms with Gasteiger partial charge >= 0.3 is 0 Å². The lowest BCUT2D eigenvalue weighted by molar-refractivity contribution is 0.688. The number of rotatable bonds is 3. The maximum atomic E-state index is 6.07. The van der Waals surface area contributed by atoms with Crippen LogP contribution in [0.15, 0.2) is 42.7 Å². The van der Waals surface area contributed by atoms with E-state index in [4.69, 9.17) is 5.73 Å². The van der Waals surface area contributed by atoms with Crippen LogP contribution < -0.4 is 10.6 Å². The number of pyridine rings is 1. The van der Waals surface area contributed by atoms with E-state index < -0.39 is 0 Å². The van der Waals surface area contributed by atoms with Crippen molar-refractivity contribution >= 4 is 36.2 Å². The summed E-state index contributed by atoms with van der Waals surface area (Å²) in [7, 11) is 0. The second-order valence-electron chi connectivity index (χ2n) is 5.05. The first kappa shape index (κ1) is 17.6. The Morgan fingerprint density at radius 3 is 2.76 bits per heavy atom. The van der Waals surface area contributed by atoms with E-state index in [0.717, 1.165) is 31.6 Å². The molecule has 3 rings (SSSR count). The highest BCUT2D eigenvalue weighted by molar-refractivity contribution is 5.85. The molecule has 3 nitrogen and oxygen atoms in total. The first-order chi connectivity index (χ1) is 9.34. The predicted molar refractivity (Wildman–Crippen MR) is 93.8 cm³/mol. The lowest BCUT2D eigenvalue weighted by Gasteiger charge is -2.32. The first-order valence-corrected chi connectivity index (χ1v) is 6.86. The third kappa shape index (κ3) is 4.02. The van der Waals surface area contributed by atoms with Crippen molar-refractivity contribution in [1.82, 2.24) is 4.98 Å². The smallest absolute Gasteiger partial charge is 0.0419 e. The molecule has 2 N–H and O–H groups in total. The molecule has 0 spiro atoms. The van der Waals surface area contributed by atoms with E-state index in [0.29, 0.717) is 0 Å². The van der Waals surface area contributed by atoms with Crippen molar-refractivity contribution in [3.8, 4) is 0 Å². The fraction of sp³-hybridized carbons (Fsp3) is 0.312. The second-order valence-corrected chi connectivity index (χ2v) is 5.05. The van der Waals surface area contributed by atoms with E-state index in [9.17, 15) is 0 Å². The minimum Gasteiger partial charge on any atom is -0.398 e. The third-order valence-electron chi connectivity index (χ3n) is 3.78. The summed E-state index contributed by atoms with van der Waals surface area (Å²) in [4.78, 5) is 6.61. The molecule has 0 bridgehead atoms. The van der Waals surface area contributed by atoms with Crippen LogP contribution in [-0.2, 0) is 12.8 Å². The Balaban J connectivity index is 0.00000110. The molecule has 21 heavy (non-hydrogen) atoms. The largest absolute Gasteiger partial charge is 0.398 e. The Kier molecular flexibility index (Phi) is 6.79. The van der Waals surface area contributed by atoms with Crippen molar-refractivity contribution in [1.29, 1.82) is 0 Å². The van der Waals surface area contributed by atoms with Gasteiger partial charge in [-0.2, -0.15) is 0 Å². The summed E-state index contributed by atoms with van der Waals surface area (Å²) in [6.07, 6.45) is 7.09. The highest BCUT2D eigenvalue weighted by Crippen LogP contribution is 2.31. The summed E-state index contributed by atoms with van der Waals surface area (Å²) < 4.78 is 0. The number of anilines is 2. The number of hydrogen-bond acceptors (Lipinski definition) is 3. The standard InChI is InChI=1S/C16H19N3.2ClH/c17-15-6-1-7-16-14(15)5-3-10-19(16)11-8-13-4-2-9-18-12-13;;/h1-2,4,6-7,9,12H,3,5,8,10-11,17H2;2*1H. The van der Waals surface area contributed by atoms with Crippen molar-refractivity contribution in [3.05, 3.63) is 53.9 Å². The van der Waals surface area contributed by atoms with Crippen molar-refractivity contribution in [2.45, 2.75) is 19.3 Å². The van der Waals surface area contributed by atoms with Crippen LogP contribution in [0.25, 0.3) is 0 Å². The molecule has 1 aromatic heterocycles. The number of aromatic nitrogens is 1. The number of fused-ring (bicyclic) bond motifs is 1. The van der Waals surface area contributed by atoms with Crippen LogP contribution >= 0.6 is 24.8 Å². The van der Waals surface area contributed by atoms with Crippen molar-refractivity contribution in [2.24, 2.45) is 0 Å². The molecule has 0 aliphatic carbocycles. The van der Waals surface area contributed by atoms with Crippen LogP contribution in [0, 0.1) is 0 Å². The Bertz CT molecular complexity index is 561. The molecule has 1 aromatic carbocycles. The average molecular weight is 326 g/mol. The van der Waals surface area contributed by atoms with Gasteiger partial charge in [0.1, 0.15) is 0 Å². The molecule has 114 valence electrons. The summed E-state index contributed by atoms with van der Waals surface area (Å²) >= 11 is 0. The van der Waals surface area contributed by atoms with E-state index in [1.807, 2.05) is 24.5 Å². The third-order valence-corrected chi connectivity index (χ3v) is 3.78. The fourth-order valence-corrected chi connectivity index (χ4v) is 2.77. The number of benzene rings is 1. The topological polar surface area (TPSA) is 42.1 Å². The van der Waals surface area contributed by atoms with Crippen LogP contribution in [0.2, 0.25) is 0 Å². The maximum absolute atomic E-state index is 6.07. The summed E-state index contributed by atoms with van der Waals surface area (Å²) in [6.45, 7) is 2.15. The lowest BCUT2D eigenvalue weighted by atomic mass is 9.99. The van der Waals surface area contributed by atoms with Crippen molar-refractivity contribution in [2.75, 3.05) is 23.7 Å². The van der Waals surface area contributed by atoms with E-state index in [2.05, 4.69) is 28.1 Å². The van der Waals surface area contributed by atoms with E-state index in [1.165, 1.54) is 23.2 Å². The summed E-state index contributed by atoms with van der Waals surface area (Å²) in [5, 5.41) is 0. The fourth-order valence-electron chi connectivity index (χ4n) is 2.77. The molecule has 0 unspecified atom stereocenters. The highest BCUT2D eigenvalue weighted by atomic mass is 35.5. The summed E-state index contributed by atoms with van der Waals surface area (Å²) in [5.74, 6) is 0. The van der Waals surface area contributed by atoms with Gasteiger partial charge in [-0.25, -0.2) is 0 Å². The molecule has 0 saturated heterocycles. The van der Waals surface area contributed by atoms with E-state index >= 15 is 0 Å².